The highest BCUT2D eigenvalue weighted by Gasteiger charge is 2.16. The van der Waals surface area contributed by atoms with Crippen molar-refractivity contribution in [3.63, 3.8) is 0 Å². The zero-order valence-electron chi connectivity index (χ0n) is 15.9. The van der Waals surface area contributed by atoms with E-state index in [4.69, 9.17) is 4.74 Å². The van der Waals surface area contributed by atoms with Crippen molar-refractivity contribution in [3.8, 4) is 5.75 Å². The Balaban J connectivity index is 1.72. The number of fused-ring (bicyclic) bond motifs is 1. The van der Waals surface area contributed by atoms with E-state index in [9.17, 15) is 14.7 Å². The lowest BCUT2D eigenvalue weighted by atomic mass is 10.0. The number of pyridine rings is 1. The number of ketones is 1. The van der Waals surface area contributed by atoms with Gasteiger partial charge in [-0.1, -0.05) is 36.4 Å². The molecule has 1 aromatic heterocycles. The van der Waals surface area contributed by atoms with Crippen molar-refractivity contribution in [1.82, 2.24) is 4.98 Å². The highest BCUT2D eigenvalue weighted by atomic mass is 16.5. The van der Waals surface area contributed by atoms with Crippen LogP contribution < -0.4 is 0 Å². The molecule has 5 heteroatoms. The zero-order chi connectivity index (χ0) is 19.9. The maximum absolute atomic E-state index is 12.3. The molecule has 3 aromatic rings. The predicted molar refractivity (Wildman–Crippen MR) is 107 cm³/mol. The molecule has 28 heavy (non-hydrogen) atoms. The van der Waals surface area contributed by atoms with E-state index in [2.05, 4.69) is 17.1 Å². The number of aromatic nitrogens is 1. The van der Waals surface area contributed by atoms with Crippen molar-refractivity contribution in [1.29, 1.82) is 0 Å². The van der Waals surface area contributed by atoms with Crippen molar-refractivity contribution in [3.05, 3.63) is 71.4 Å². The fourth-order valence-corrected chi connectivity index (χ4v) is 3.08. The van der Waals surface area contributed by atoms with Crippen LogP contribution >= 0.6 is 0 Å². The number of aromatic hydroxyl groups is 1. The Morgan fingerprint density at radius 3 is 2.46 bits per heavy atom. The summed E-state index contributed by atoms with van der Waals surface area (Å²) in [5.41, 5.74) is 3.04. The molecule has 0 amide bonds. The van der Waals surface area contributed by atoms with Crippen LogP contribution in [-0.4, -0.2) is 28.4 Å². The van der Waals surface area contributed by atoms with Crippen LogP contribution in [-0.2, 0) is 22.4 Å². The predicted octanol–water partition coefficient (Wildman–Crippen LogP) is 4.25. The molecule has 0 atom stereocenters. The molecule has 0 unspecified atom stereocenters. The molecule has 0 aliphatic carbocycles. The van der Waals surface area contributed by atoms with E-state index in [0.29, 0.717) is 5.52 Å². The molecule has 0 saturated heterocycles. The minimum absolute atomic E-state index is 0.00571. The first-order chi connectivity index (χ1) is 13.6. The zero-order valence-corrected chi connectivity index (χ0v) is 15.9. The van der Waals surface area contributed by atoms with Crippen LogP contribution in [0, 0.1) is 0 Å². The lowest BCUT2D eigenvalue weighted by molar-refractivity contribution is -0.143. The van der Waals surface area contributed by atoms with Gasteiger partial charge in [0.05, 0.1) is 18.5 Å². The lowest BCUT2D eigenvalue weighted by Crippen LogP contribution is -2.09. The molecule has 0 spiro atoms. The van der Waals surface area contributed by atoms with E-state index >= 15 is 0 Å². The van der Waals surface area contributed by atoms with Crippen LogP contribution in [0.25, 0.3) is 10.9 Å². The third-order valence-electron chi connectivity index (χ3n) is 4.53. The topological polar surface area (TPSA) is 76.5 Å². The average Bonchev–Trinajstić information content (AvgIpc) is 2.71. The number of aryl methyl sites for hydroxylation is 2. The highest BCUT2D eigenvalue weighted by molar-refractivity contribution is 6.00. The summed E-state index contributed by atoms with van der Waals surface area (Å²) in [5.74, 6) is -0.971. The average molecular weight is 377 g/mol. The SMILES string of the molecule is CCOC(=O)CCC(=O)c1nc2ccc(CCc3ccccc3)cc2cc1O. The van der Waals surface area contributed by atoms with Crippen LogP contribution in [0.5, 0.6) is 5.75 Å². The van der Waals surface area contributed by atoms with Crippen LogP contribution in [0.3, 0.4) is 0 Å². The molecular weight excluding hydrogens is 354 g/mol. The smallest absolute Gasteiger partial charge is 0.306 e. The first kappa shape index (κ1) is 19.5. The maximum atomic E-state index is 12.3. The Bertz CT molecular complexity index is 983. The van der Waals surface area contributed by atoms with E-state index in [1.165, 1.54) is 5.56 Å². The highest BCUT2D eigenvalue weighted by Crippen LogP contribution is 2.25. The normalized spacial score (nSPS) is 10.8. The summed E-state index contributed by atoms with van der Waals surface area (Å²) >= 11 is 0. The Morgan fingerprint density at radius 1 is 0.964 bits per heavy atom. The molecular formula is C23H23NO4. The number of esters is 1. The van der Waals surface area contributed by atoms with Gasteiger partial charge in [0, 0.05) is 11.8 Å². The summed E-state index contributed by atoms with van der Waals surface area (Å²) in [6.07, 6.45) is 1.74. The molecule has 1 N–H and O–H groups in total. The monoisotopic (exact) mass is 377 g/mol. The summed E-state index contributed by atoms with van der Waals surface area (Å²) < 4.78 is 4.82. The first-order valence-corrected chi connectivity index (χ1v) is 9.42. The van der Waals surface area contributed by atoms with Gasteiger partial charge in [-0.25, -0.2) is 4.98 Å². The minimum Gasteiger partial charge on any atom is -0.506 e. The number of ether oxygens (including phenoxy) is 1. The Kier molecular flexibility index (Phi) is 6.37. The molecule has 3 rings (SSSR count). The number of benzene rings is 2. The van der Waals surface area contributed by atoms with Crippen molar-refractivity contribution < 1.29 is 19.4 Å². The van der Waals surface area contributed by atoms with Crippen LogP contribution in [0.4, 0.5) is 0 Å². The van der Waals surface area contributed by atoms with Crippen LogP contribution in [0.2, 0.25) is 0 Å². The molecule has 144 valence electrons. The summed E-state index contributed by atoms with van der Waals surface area (Å²) in [6.45, 7) is 1.99. The Labute approximate surface area is 164 Å². The van der Waals surface area contributed by atoms with Crippen LogP contribution in [0.15, 0.2) is 54.6 Å². The Hall–Kier alpha value is -3.21. The van der Waals surface area contributed by atoms with E-state index < -0.39 is 5.97 Å². The summed E-state index contributed by atoms with van der Waals surface area (Å²) in [7, 11) is 0. The number of rotatable bonds is 8. The van der Waals surface area contributed by atoms with Crippen LogP contribution in [0.1, 0.15) is 41.4 Å². The fraction of sp³-hybridized carbons (Fsp3) is 0.261. The summed E-state index contributed by atoms with van der Waals surface area (Å²) in [4.78, 5) is 28.0. The molecule has 0 bridgehead atoms. The first-order valence-electron chi connectivity index (χ1n) is 9.42. The third-order valence-corrected chi connectivity index (χ3v) is 4.53. The van der Waals surface area contributed by atoms with Gasteiger partial charge in [-0.3, -0.25) is 9.59 Å². The number of nitrogens with zero attached hydrogens (tertiary/aromatic N) is 1. The van der Waals surface area contributed by atoms with Crippen molar-refractivity contribution in [2.45, 2.75) is 32.6 Å². The number of carbonyl (C=O) groups excluding carboxylic acids is 2. The number of hydrogen-bond acceptors (Lipinski definition) is 5. The van der Waals surface area contributed by atoms with Gasteiger partial charge in [0.15, 0.2) is 5.78 Å². The second-order valence-electron chi connectivity index (χ2n) is 6.60. The fourth-order valence-electron chi connectivity index (χ4n) is 3.08. The van der Waals surface area contributed by atoms with Gasteiger partial charge < -0.3 is 9.84 Å². The standard InChI is InChI=1S/C23H23NO4/c1-2-28-22(27)13-12-20(25)23-21(26)15-18-14-17(10-11-19(18)24-23)9-8-16-6-4-3-5-7-16/h3-7,10-11,14-15,26H,2,8-9,12-13H2,1H3. The largest absolute Gasteiger partial charge is 0.506 e. The summed E-state index contributed by atoms with van der Waals surface area (Å²) in [5, 5.41) is 11.0. The summed E-state index contributed by atoms with van der Waals surface area (Å²) in [6, 6.07) is 17.6. The molecule has 0 aliphatic heterocycles. The van der Waals surface area contributed by atoms with Crippen molar-refractivity contribution in [2.75, 3.05) is 6.61 Å². The van der Waals surface area contributed by atoms with Gasteiger partial charge in [-0.2, -0.15) is 0 Å². The number of Topliss-reactive ketones (excluding diaryl/α,β-unsaturated/α-hetero) is 1. The van der Waals surface area contributed by atoms with E-state index in [-0.39, 0.29) is 36.7 Å². The molecule has 0 aliphatic rings. The van der Waals surface area contributed by atoms with Crippen molar-refractivity contribution in [2.24, 2.45) is 0 Å². The molecule has 5 nitrogen and oxygen atoms in total. The number of hydrogen-bond donors (Lipinski definition) is 1. The second kappa shape index (κ2) is 9.13. The second-order valence-corrected chi connectivity index (χ2v) is 6.60. The van der Waals surface area contributed by atoms with Gasteiger partial charge in [0.1, 0.15) is 11.4 Å². The van der Waals surface area contributed by atoms with Crippen molar-refractivity contribution >= 4 is 22.7 Å². The molecule has 1 heterocycles. The van der Waals surface area contributed by atoms with E-state index in [1.807, 2.05) is 36.4 Å². The van der Waals surface area contributed by atoms with Gasteiger partial charge >= 0.3 is 5.97 Å². The molecule has 2 aromatic carbocycles. The van der Waals surface area contributed by atoms with Gasteiger partial charge in [0.2, 0.25) is 0 Å². The van der Waals surface area contributed by atoms with E-state index in [1.54, 1.807) is 13.0 Å². The third kappa shape index (κ3) is 4.94. The quantitative estimate of drug-likeness (QED) is 0.469. The lowest BCUT2D eigenvalue weighted by Gasteiger charge is -2.08. The maximum Gasteiger partial charge on any atom is 0.306 e. The minimum atomic E-state index is -0.431. The number of carbonyl (C=O) groups is 2. The molecule has 0 saturated carbocycles. The molecule has 0 radical (unpaired) electrons. The van der Waals surface area contributed by atoms with Gasteiger partial charge in [-0.15, -0.1) is 0 Å². The molecule has 0 fully saturated rings. The van der Waals surface area contributed by atoms with Gasteiger partial charge in [0.25, 0.3) is 0 Å². The van der Waals surface area contributed by atoms with E-state index in [0.717, 1.165) is 23.8 Å². The van der Waals surface area contributed by atoms with Gasteiger partial charge in [-0.05, 0) is 49.1 Å². The Morgan fingerprint density at radius 2 is 1.71 bits per heavy atom.